The van der Waals surface area contributed by atoms with Gasteiger partial charge in [0.15, 0.2) is 0 Å². The Morgan fingerprint density at radius 3 is 1.81 bits per heavy atom. The van der Waals surface area contributed by atoms with Crippen LogP contribution >= 0.6 is 0 Å². The van der Waals surface area contributed by atoms with Gasteiger partial charge in [0.2, 0.25) is 0 Å². The maximum absolute atomic E-state index is 2.52. The molecule has 0 spiro atoms. The molecule has 3 atom stereocenters. The average molecular weight is 934 g/mol. The maximum Gasteiger partial charge on any atom is 0.0629 e. The van der Waals surface area contributed by atoms with E-state index >= 15 is 0 Å². The predicted octanol–water partition coefficient (Wildman–Crippen LogP) is 18.3. The van der Waals surface area contributed by atoms with Crippen LogP contribution in [0.5, 0.6) is 0 Å². The summed E-state index contributed by atoms with van der Waals surface area (Å²) in [5.74, 6) is 0.443. The first kappa shape index (κ1) is 42.7. The molecule has 346 valence electrons. The number of hydrogen-bond acceptors (Lipinski definition) is 2. The van der Waals surface area contributed by atoms with Crippen molar-refractivity contribution in [3.8, 4) is 16.8 Å². The minimum atomic E-state index is 0.156. The molecule has 0 saturated heterocycles. The third-order valence-electron chi connectivity index (χ3n) is 15.5. The van der Waals surface area contributed by atoms with Gasteiger partial charge in [0, 0.05) is 56.4 Å². The molecule has 3 unspecified atom stereocenters. The Morgan fingerprint density at radius 2 is 1.03 bits per heavy atom. The summed E-state index contributed by atoms with van der Waals surface area (Å²) in [6.07, 6.45) is 10.1. The van der Waals surface area contributed by atoms with Gasteiger partial charge in [0.1, 0.15) is 0 Å². The fourth-order valence-corrected chi connectivity index (χ4v) is 12.1. The second-order valence-corrected chi connectivity index (χ2v) is 19.6. The molecule has 0 fully saturated rings. The Kier molecular flexibility index (Phi) is 10.5. The molecule has 14 rings (SSSR count). The minimum absolute atomic E-state index is 0.156. The molecule has 73 heavy (non-hydrogen) atoms. The standard InChI is InChI=1S/C70H51N3/c1-3-21-54(22-4-1)72-67-30-13-11-27-61(67)64-46-53(39-43-69(64)72)63(60-29-15-19-51-17-7-9-25-58(51)60)45-48-33-35-49(36-34-48)50-37-40-56(41-38-50)71(66-32-16-20-52-18-8-10-26-59(52)66)57-42-44-70-65(47-57)62-28-12-14-31-68(62)73(70)55-23-5-2-6-24-55/h1-44,46-47,61,63,67H,45H2. The van der Waals surface area contributed by atoms with Crippen LogP contribution in [-0.2, 0) is 6.42 Å². The van der Waals surface area contributed by atoms with E-state index in [0.29, 0.717) is 0 Å². The van der Waals surface area contributed by atoms with E-state index in [1.54, 1.807) is 0 Å². The lowest BCUT2D eigenvalue weighted by Crippen LogP contribution is -2.28. The number of fused-ring (bicyclic) bond motifs is 8. The van der Waals surface area contributed by atoms with Gasteiger partial charge < -0.3 is 14.4 Å². The first-order valence-corrected chi connectivity index (χ1v) is 25.6. The molecule has 0 bridgehead atoms. The molecule has 1 aliphatic heterocycles. The van der Waals surface area contributed by atoms with Gasteiger partial charge in [-0.2, -0.15) is 0 Å². The van der Waals surface area contributed by atoms with Crippen LogP contribution in [0.2, 0.25) is 0 Å². The summed E-state index contributed by atoms with van der Waals surface area (Å²) < 4.78 is 2.38. The van der Waals surface area contributed by atoms with E-state index in [1.165, 1.54) is 88.1 Å². The molecular formula is C70H51N3. The molecule has 0 amide bonds. The molecule has 12 aromatic rings. The number of rotatable bonds is 10. The van der Waals surface area contributed by atoms with Crippen LogP contribution in [0.25, 0.3) is 60.2 Å². The van der Waals surface area contributed by atoms with Crippen LogP contribution in [0.4, 0.5) is 28.4 Å². The predicted molar refractivity (Wildman–Crippen MR) is 308 cm³/mol. The van der Waals surface area contributed by atoms with Gasteiger partial charge in [-0.1, -0.05) is 206 Å². The van der Waals surface area contributed by atoms with Gasteiger partial charge >= 0.3 is 0 Å². The van der Waals surface area contributed by atoms with Crippen LogP contribution < -0.4 is 9.80 Å². The number of allylic oxidation sites excluding steroid dienone is 2. The van der Waals surface area contributed by atoms with Crippen molar-refractivity contribution in [3.63, 3.8) is 0 Å². The van der Waals surface area contributed by atoms with E-state index in [2.05, 4.69) is 293 Å². The lowest BCUT2D eigenvalue weighted by molar-refractivity contribution is 0.742. The summed E-state index contributed by atoms with van der Waals surface area (Å²) in [5, 5.41) is 7.46. The normalized spacial score (nSPS) is 15.3. The van der Waals surface area contributed by atoms with Crippen molar-refractivity contribution in [2.24, 2.45) is 0 Å². The molecule has 3 heteroatoms. The lowest BCUT2D eigenvalue weighted by atomic mass is 9.81. The summed E-state index contributed by atoms with van der Waals surface area (Å²) in [7, 11) is 0. The van der Waals surface area contributed by atoms with Crippen LogP contribution in [0.3, 0.4) is 0 Å². The Labute approximate surface area is 426 Å². The SMILES string of the molecule is C1=CC2c3cc(C(Cc4ccc(-c5ccc(N(c6ccc7c(c6)c6ccccc6n7-c6ccccc6)c6cccc7ccccc67)cc5)cc4)c4cccc5ccccc45)ccc3N(c3ccccc3)C2C=C1. The molecule has 0 saturated carbocycles. The Hall–Kier alpha value is -9.18. The Bertz CT molecular complexity index is 4060. The smallest absolute Gasteiger partial charge is 0.0629 e. The number of para-hydroxylation sites is 3. The number of aromatic nitrogens is 1. The summed E-state index contributed by atoms with van der Waals surface area (Å²) in [6.45, 7) is 0. The van der Waals surface area contributed by atoms with E-state index in [4.69, 9.17) is 0 Å². The zero-order valence-electron chi connectivity index (χ0n) is 40.3. The summed E-state index contributed by atoms with van der Waals surface area (Å²) in [5.41, 5.74) is 17.2. The van der Waals surface area contributed by atoms with Crippen LogP contribution in [0.15, 0.2) is 279 Å². The van der Waals surface area contributed by atoms with Crippen molar-refractivity contribution in [2.75, 3.05) is 9.80 Å². The van der Waals surface area contributed by atoms with E-state index in [0.717, 1.165) is 29.2 Å². The first-order valence-electron chi connectivity index (χ1n) is 25.6. The highest BCUT2D eigenvalue weighted by Gasteiger charge is 2.38. The second-order valence-electron chi connectivity index (χ2n) is 19.6. The minimum Gasteiger partial charge on any atom is -0.333 e. The third-order valence-corrected chi connectivity index (χ3v) is 15.5. The number of anilines is 5. The summed E-state index contributed by atoms with van der Waals surface area (Å²) in [4.78, 5) is 4.95. The number of nitrogens with zero attached hydrogens (tertiary/aromatic N) is 3. The Balaban J connectivity index is 0.817. The van der Waals surface area contributed by atoms with Gasteiger partial charge in [-0.15, -0.1) is 0 Å². The van der Waals surface area contributed by atoms with Gasteiger partial charge in [-0.3, -0.25) is 0 Å². The van der Waals surface area contributed by atoms with Crippen molar-refractivity contribution >= 4 is 71.8 Å². The summed E-state index contributed by atoms with van der Waals surface area (Å²) in [6, 6.07) is 94.3. The summed E-state index contributed by atoms with van der Waals surface area (Å²) >= 11 is 0. The second kappa shape index (κ2) is 17.9. The third kappa shape index (κ3) is 7.43. The topological polar surface area (TPSA) is 11.4 Å². The van der Waals surface area contributed by atoms with Gasteiger partial charge in [0.05, 0.1) is 22.8 Å². The molecule has 0 radical (unpaired) electrons. The molecule has 1 aromatic heterocycles. The van der Waals surface area contributed by atoms with E-state index in [-0.39, 0.29) is 17.9 Å². The number of hydrogen-bond donors (Lipinski definition) is 0. The molecular weight excluding hydrogens is 883 g/mol. The monoisotopic (exact) mass is 933 g/mol. The van der Waals surface area contributed by atoms with E-state index in [9.17, 15) is 0 Å². The molecule has 2 aliphatic rings. The van der Waals surface area contributed by atoms with Crippen LogP contribution in [0.1, 0.15) is 34.1 Å². The van der Waals surface area contributed by atoms with E-state index in [1.807, 2.05) is 0 Å². The van der Waals surface area contributed by atoms with Gasteiger partial charge in [-0.25, -0.2) is 0 Å². The van der Waals surface area contributed by atoms with Gasteiger partial charge in [0.25, 0.3) is 0 Å². The highest BCUT2D eigenvalue weighted by atomic mass is 15.2. The molecule has 1 aliphatic carbocycles. The zero-order valence-corrected chi connectivity index (χ0v) is 40.3. The molecule has 0 N–H and O–H groups in total. The molecule has 2 heterocycles. The van der Waals surface area contributed by atoms with E-state index < -0.39 is 0 Å². The number of benzene rings is 11. The van der Waals surface area contributed by atoms with Crippen LogP contribution in [0, 0.1) is 0 Å². The molecule has 11 aromatic carbocycles. The largest absolute Gasteiger partial charge is 0.333 e. The lowest BCUT2D eigenvalue weighted by Gasteiger charge is -2.28. The van der Waals surface area contributed by atoms with Crippen molar-refractivity contribution < 1.29 is 0 Å². The highest BCUT2D eigenvalue weighted by Crippen LogP contribution is 2.50. The zero-order chi connectivity index (χ0) is 48.2. The molecule has 3 nitrogen and oxygen atoms in total. The van der Waals surface area contributed by atoms with Crippen molar-refractivity contribution in [1.29, 1.82) is 0 Å². The van der Waals surface area contributed by atoms with Gasteiger partial charge in [-0.05, 0) is 129 Å². The van der Waals surface area contributed by atoms with Crippen molar-refractivity contribution in [2.45, 2.75) is 24.3 Å². The van der Waals surface area contributed by atoms with Crippen molar-refractivity contribution in [1.82, 2.24) is 4.57 Å². The van der Waals surface area contributed by atoms with Crippen LogP contribution in [-0.4, -0.2) is 10.6 Å². The Morgan fingerprint density at radius 1 is 0.425 bits per heavy atom. The van der Waals surface area contributed by atoms with Crippen molar-refractivity contribution in [3.05, 3.63) is 301 Å². The highest BCUT2D eigenvalue weighted by molar-refractivity contribution is 6.11. The maximum atomic E-state index is 2.52. The first-order chi connectivity index (χ1) is 36.2. The quantitative estimate of drug-likeness (QED) is 0.135. The fourth-order valence-electron chi connectivity index (χ4n) is 12.1. The average Bonchev–Trinajstić information content (AvgIpc) is 3.98. The fraction of sp³-hybridized carbons (Fsp3) is 0.0571.